The highest BCUT2D eigenvalue weighted by molar-refractivity contribution is 5.76. The Bertz CT molecular complexity index is 195. The van der Waals surface area contributed by atoms with Gasteiger partial charge in [-0.05, 0) is 25.7 Å². The van der Waals surface area contributed by atoms with Crippen molar-refractivity contribution < 1.29 is 14.6 Å². The minimum absolute atomic E-state index is 0.0151. The Morgan fingerprint density at radius 1 is 1.29 bits per heavy atom. The second kappa shape index (κ2) is 4.78. The normalized spacial score (nSPS) is 12.7. The summed E-state index contributed by atoms with van der Waals surface area (Å²) < 4.78 is 5.15. The fraction of sp³-hybridized carbons (Fsp3) is 0.909. The predicted octanol–water partition coefficient (Wildman–Crippen LogP) is 1.98. The number of carbonyl (C=O) groups is 1. The minimum Gasteiger partial charge on any atom is -0.465 e. The van der Waals surface area contributed by atoms with Gasteiger partial charge >= 0.3 is 5.97 Å². The Balaban J connectivity index is 4.10. The number of ether oxygens (including phenoxy) is 1. The van der Waals surface area contributed by atoms with E-state index in [1.165, 1.54) is 0 Å². The Labute approximate surface area is 86.5 Å². The smallest absolute Gasteiger partial charge is 0.313 e. The molecule has 0 fully saturated rings. The van der Waals surface area contributed by atoms with Gasteiger partial charge in [-0.15, -0.1) is 0 Å². The molecule has 0 amide bonds. The number of carbonyl (C=O) groups excluding carboxylic acids is 1. The number of hydrogen-bond acceptors (Lipinski definition) is 3. The molecule has 0 heterocycles. The van der Waals surface area contributed by atoms with Crippen LogP contribution in [-0.2, 0) is 9.53 Å². The van der Waals surface area contributed by atoms with Crippen LogP contribution >= 0.6 is 0 Å². The van der Waals surface area contributed by atoms with Gasteiger partial charge in [0.25, 0.3) is 0 Å². The van der Waals surface area contributed by atoms with Gasteiger partial charge in [-0.1, -0.05) is 20.8 Å². The van der Waals surface area contributed by atoms with Crippen molar-refractivity contribution in [3.05, 3.63) is 0 Å². The lowest BCUT2D eigenvalue weighted by molar-refractivity contribution is -0.159. The Hall–Kier alpha value is -0.570. The van der Waals surface area contributed by atoms with E-state index in [1.807, 2.05) is 13.8 Å². The van der Waals surface area contributed by atoms with E-state index in [9.17, 15) is 4.79 Å². The maximum Gasteiger partial charge on any atom is 0.313 e. The van der Waals surface area contributed by atoms with Crippen LogP contribution in [0.4, 0.5) is 0 Å². The molecule has 0 saturated carbocycles. The second-order valence-electron chi connectivity index (χ2n) is 5.14. The summed E-state index contributed by atoms with van der Waals surface area (Å²) in [6.45, 7) is 9.73. The van der Waals surface area contributed by atoms with Crippen molar-refractivity contribution in [2.24, 2.45) is 10.8 Å². The summed E-state index contributed by atoms with van der Waals surface area (Å²) in [4.78, 5) is 11.5. The molecule has 0 aliphatic carbocycles. The third-order valence-corrected chi connectivity index (χ3v) is 2.50. The molecule has 0 aliphatic heterocycles. The largest absolute Gasteiger partial charge is 0.465 e. The second-order valence-corrected chi connectivity index (χ2v) is 5.14. The molecular weight excluding hydrogens is 180 g/mol. The SMILES string of the molecule is CCC(C)(C)COC(=O)C(C)(C)CO. The molecule has 84 valence electrons. The van der Waals surface area contributed by atoms with Gasteiger partial charge < -0.3 is 9.84 Å². The molecule has 0 saturated heterocycles. The van der Waals surface area contributed by atoms with Crippen LogP contribution in [-0.4, -0.2) is 24.3 Å². The van der Waals surface area contributed by atoms with Crippen LogP contribution in [0, 0.1) is 10.8 Å². The van der Waals surface area contributed by atoms with Crippen LogP contribution in [0.2, 0.25) is 0 Å². The Kier molecular flexibility index (Phi) is 4.59. The average molecular weight is 202 g/mol. The number of esters is 1. The van der Waals surface area contributed by atoms with E-state index in [2.05, 4.69) is 6.92 Å². The Morgan fingerprint density at radius 2 is 1.79 bits per heavy atom. The third kappa shape index (κ3) is 4.09. The van der Waals surface area contributed by atoms with E-state index in [-0.39, 0.29) is 18.0 Å². The average Bonchev–Trinajstić information content (AvgIpc) is 2.14. The summed E-state index contributed by atoms with van der Waals surface area (Å²) in [5.41, 5.74) is -0.773. The summed E-state index contributed by atoms with van der Waals surface area (Å²) >= 11 is 0. The first-order valence-corrected chi connectivity index (χ1v) is 5.03. The first kappa shape index (κ1) is 13.4. The fourth-order valence-corrected chi connectivity index (χ4v) is 0.623. The van der Waals surface area contributed by atoms with Crippen LogP contribution in [0.25, 0.3) is 0 Å². The molecular formula is C11H22O3. The topological polar surface area (TPSA) is 46.5 Å². The highest BCUT2D eigenvalue weighted by Crippen LogP contribution is 2.22. The molecule has 0 unspecified atom stereocenters. The van der Waals surface area contributed by atoms with Gasteiger partial charge in [0.05, 0.1) is 18.6 Å². The van der Waals surface area contributed by atoms with Crippen LogP contribution in [0.5, 0.6) is 0 Å². The van der Waals surface area contributed by atoms with Crippen molar-refractivity contribution in [1.29, 1.82) is 0 Å². The summed E-state index contributed by atoms with van der Waals surface area (Å²) in [5, 5.41) is 8.95. The molecule has 0 atom stereocenters. The standard InChI is InChI=1S/C11H22O3/c1-6-10(2,3)8-14-9(13)11(4,5)7-12/h12H,6-8H2,1-5H3. The van der Waals surface area contributed by atoms with E-state index in [1.54, 1.807) is 13.8 Å². The van der Waals surface area contributed by atoms with Crippen molar-refractivity contribution in [3.8, 4) is 0 Å². The lowest BCUT2D eigenvalue weighted by Gasteiger charge is -2.25. The molecule has 0 aliphatic rings. The summed E-state index contributed by atoms with van der Waals surface area (Å²) in [6, 6.07) is 0. The quantitative estimate of drug-likeness (QED) is 0.693. The zero-order chi connectivity index (χ0) is 11.4. The molecule has 3 heteroatoms. The highest BCUT2D eigenvalue weighted by Gasteiger charge is 2.30. The van der Waals surface area contributed by atoms with Crippen molar-refractivity contribution in [1.82, 2.24) is 0 Å². The van der Waals surface area contributed by atoms with Crippen molar-refractivity contribution in [2.45, 2.75) is 41.0 Å². The highest BCUT2D eigenvalue weighted by atomic mass is 16.5. The molecule has 0 aromatic heterocycles. The van der Waals surface area contributed by atoms with E-state index in [4.69, 9.17) is 9.84 Å². The van der Waals surface area contributed by atoms with Crippen molar-refractivity contribution in [2.75, 3.05) is 13.2 Å². The molecule has 0 spiro atoms. The molecule has 3 nitrogen and oxygen atoms in total. The van der Waals surface area contributed by atoms with Gasteiger partial charge in [0.1, 0.15) is 0 Å². The maximum atomic E-state index is 11.5. The molecule has 0 rings (SSSR count). The van der Waals surface area contributed by atoms with Crippen molar-refractivity contribution >= 4 is 5.97 Å². The van der Waals surface area contributed by atoms with E-state index >= 15 is 0 Å². The third-order valence-electron chi connectivity index (χ3n) is 2.50. The number of aliphatic hydroxyl groups is 1. The van der Waals surface area contributed by atoms with E-state index < -0.39 is 5.41 Å². The van der Waals surface area contributed by atoms with E-state index in [0.29, 0.717) is 6.61 Å². The predicted molar refractivity (Wildman–Crippen MR) is 55.9 cm³/mol. The number of hydrogen-bond donors (Lipinski definition) is 1. The maximum absolute atomic E-state index is 11.5. The van der Waals surface area contributed by atoms with Crippen LogP contribution < -0.4 is 0 Å². The summed E-state index contributed by atoms with van der Waals surface area (Å²) in [5.74, 6) is -0.332. The van der Waals surface area contributed by atoms with Gasteiger partial charge in [-0.25, -0.2) is 0 Å². The van der Waals surface area contributed by atoms with Crippen LogP contribution in [0.3, 0.4) is 0 Å². The molecule has 14 heavy (non-hydrogen) atoms. The van der Waals surface area contributed by atoms with Gasteiger partial charge in [0, 0.05) is 0 Å². The van der Waals surface area contributed by atoms with Gasteiger partial charge in [0.2, 0.25) is 0 Å². The number of rotatable bonds is 5. The van der Waals surface area contributed by atoms with Crippen LogP contribution in [0.1, 0.15) is 41.0 Å². The van der Waals surface area contributed by atoms with Gasteiger partial charge in [-0.2, -0.15) is 0 Å². The molecule has 1 N–H and O–H groups in total. The lowest BCUT2D eigenvalue weighted by atomic mass is 9.91. The van der Waals surface area contributed by atoms with Crippen LogP contribution in [0.15, 0.2) is 0 Å². The fourth-order valence-electron chi connectivity index (χ4n) is 0.623. The van der Waals surface area contributed by atoms with E-state index in [0.717, 1.165) is 6.42 Å². The monoisotopic (exact) mass is 202 g/mol. The number of aliphatic hydroxyl groups excluding tert-OH is 1. The van der Waals surface area contributed by atoms with Gasteiger partial charge in [-0.3, -0.25) is 4.79 Å². The molecule has 0 aromatic carbocycles. The molecule has 0 aromatic rings. The first-order valence-electron chi connectivity index (χ1n) is 5.03. The van der Waals surface area contributed by atoms with Gasteiger partial charge in [0.15, 0.2) is 0 Å². The molecule has 0 bridgehead atoms. The van der Waals surface area contributed by atoms with Crippen molar-refractivity contribution in [3.63, 3.8) is 0 Å². The summed E-state index contributed by atoms with van der Waals surface area (Å²) in [7, 11) is 0. The lowest BCUT2D eigenvalue weighted by Crippen LogP contribution is -2.33. The Morgan fingerprint density at radius 3 is 2.14 bits per heavy atom. The zero-order valence-corrected chi connectivity index (χ0v) is 9.89. The summed E-state index contributed by atoms with van der Waals surface area (Å²) in [6.07, 6.45) is 0.958. The first-order chi connectivity index (χ1) is 6.25. The molecule has 0 radical (unpaired) electrons. The zero-order valence-electron chi connectivity index (χ0n) is 9.89. The minimum atomic E-state index is -0.788.